The maximum atomic E-state index is 12.9. The van der Waals surface area contributed by atoms with Crippen molar-refractivity contribution in [2.24, 2.45) is 5.92 Å². The van der Waals surface area contributed by atoms with Gasteiger partial charge in [-0.05, 0) is 69.5 Å². The molecule has 5 nitrogen and oxygen atoms in total. The van der Waals surface area contributed by atoms with Gasteiger partial charge >= 0.3 is 0 Å². The molecule has 0 atom stereocenters. The Balaban J connectivity index is 0.00000392. The lowest BCUT2D eigenvalue weighted by Gasteiger charge is -2.36. The van der Waals surface area contributed by atoms with Crippen molar-refractivity contribution in [2.75, 3.05) is 32.5 Å². The Morgan fingerprint density at radius 3 is 2.21 bits per heavy atom. The Hall–Kier alpha value is -1.85. The van der Waals surface area contributed by atoms with E-state index < -0.39 is 0 Å². The number of amides is 2. The van der Waals surface area contributed by atoms with E-state index in [0.29, 0.717) is 6.04 Å². The first-order valence-corrected chi connectivity index (χ1v) is 9.86. The Kier molecular flexibility index (Phi) is 10.3. The fourth-order valence-corrected chi connectivity index (χ4v) is 3.48. The summed E-state index contributed by atoms with van der Waals surface area (Å²) in [5.41, 5.74) is 1.71. The van der Waals surface area contributed by atoms with Crippen molar-refractivity contribution in [3.63, 3.8) is 0 Å². The third-order valence-corrected chi connectivity index (χ3v) is 5.15. The molecule has 1 fully saturated rings. The van der Waals surface area contributed by atoms with Crippen molar-refractivity contribution < 1.29 is 9.59 Å². The zero-order chi connectivity index (χ0) is 19.8. The van der Waals surface area contributed by atoms with Gasteiger partial charge in [-0.1, -0.05) is 19.1 Å². The normalized spacial score (nSPS) is 19.3. The summed E-state index contributed by atoms with van der Waals surface area (Å²) in [4.78, 5) is 28.1. The molecule has 1 N–H and O–H groups in total. The highest BCUT2D eigenvalue weighted by atomic mass is 35.5. The molecular weight excluding hydrogens is 374 g/mol. The number of halogens is 1. The molecule has 0 saturated heterocycles. The van der Waals surface area contributed by atoms with E-state index in [1.807, 2.05) is 49.3 Å². The predicted octanol–water partition coefficient (Wildman–Crippen LogP) is 4.05. The Morgan fingerprint density at radius 1 is 1.07 bits per heavy atom. The molecule has 2 amide bonds. The number of likely N-dealkylation sites (N-methyl/N-ethyl adjacent to an activating group) is 1. The molecule has 6 heteroatoms. The molecule has 0 aromatic heterocycles. The van der Waals surface area contributed by atoms with E-state index in [9.17, 15) is 9.59 Å². The number of nitrogens with zero attached hydrogens (tertiary/aromatic N) is 2. The minimum absolute atomic E-state index is 0. The van der Waals surface area contributed by atoms with Crippen molar-refractivity contribution in [1.29, 1.82) is 0 Å². The molecule has 1 aliphatic carbocycles. The highest BCUT2D eigenvalue weighted by molar-refractivity contribution is 5.92. The van der Waals surface area contributed by atoms with Gasteiger partial charge in [-0.25, -0.2) is 0 Å². The number of hydrogen-bond acceptors (Lipinski definition) is 3. The third-order valence-electron chi connectivity index (χ3n) is 5.15. The van der Waals surface area contributed by atoms with E-state index in [-0.39, 0.29) is 24.2 Å². The van der Waals surface area contributed by atoms with Gasteiger partial charge in [-0.3, -0.25) is 9.59 Å². The van der Waals surface area contributed by atoms with Crippen LogP contribution in [0, 0.1) is 5.92 Å². The molecule has 28 heavy (non-hydrogen) atoms. The highest BCUT2D eigenvalue weighted by Gasteiger charge is 2.26. The van der Waals surface area contributed by atoms with Gasteiger partial charge in [0.15, 0.2) is 0 Å². The van der Waals surface area contributed by atoms with Crippen LogP contribution < -0.4 is 5.32 Å². The average molecular weight is 408 g/mol. The van der Waals surface area contributed by atoms with Crippen LogP contribution in [0.15, 0.2) is 30.3 Å². The predicted molar refractivity (Wildman–Crippen MR) is 119 cm³/mol. The lowest BCUT2D eigenvalue weighted by Crippen LogP contribution is -2.44. The largest absolute Gasteiger partial charge is 0.335 e. The number of carbonyl (C=O) groups excluding carboxylic acids is 2. The van der Waals surface area contributed by atoms with Crippen LogP contribution in [0.4, 0.5) is 5.69 Å². The van der Waals surface area contributed by atoms with E-state index in [1.165, 1.54) is 19.8 Å². The van der Waals surface area contributed by atoms with Crippen LogP contribution in [0.25, 0.3) is 6.08 Å². The van der Waals surface area contributed by atoms with Crippen molar-refractivity contribution in [3.05, 3.63) is 35.9 Å². The first kappa shape index (κ1) is 24.2. The van der Waals surface area contributed by atoms with Gasteiger partial charge in [-0.2, -0.15) is 0 Å². The van der Waals surface area contributed by atoms with E-state index in [4.69, 9.17) is 0 Å². The SMILES string of the molecule is CC(=O)Nc1ccc(C=CC(=O)N(CCN(C)C)C2CCC(C)CC2)cc1.Cl. The van der Waals surface area contributed by atoms with E-state index in [1.54, 1.807) is 6.08 Å². The van der Waals surface area contributed by atoms with E-state index >= 15 is 0 Å². The highest BCUT2D eigenvalue weighted by Crippen LogP contribution is 2.27. The van der Waals surface area contributed by atoms with Gasteiger partial charge in [0.25, 0.3) is 0 Å². The number of carbonyl (C=O) groups is 2. The number of anilines is 1. The minimum atomic E-state index is -0.0909. The lowest BCUT2D eigenvalue weighted by atomic mass is 9.86. The molecule has 1 aliphatic rings. The lowest BCUT2D eigenvalue weighted by molar-refractivity contribution is -0.129. The first-order valence-electron chi connectivity index (χ1n) is 9.86. The summed E-state index contributed by atoms with van der Waals surface area (Å²) in [5, 5.41) is 2.75. The molecule has 0 radical (unpaired) electrons. The van der Waals surface area contributed by atoms with Crippen LogP contribution in [0.2, 0.25) is 0 Å². The topological polar surface area (TPSA) is 52.7 Å². The zero-order valence-corrected chi connectivity index (χ0v) is 18.3. The van der Waals surface area contributed by atoms with Crippen molar-refractivity contribution in [1.82, 2.24) is 9.80 Å². The van der Waals surface area contributed by atoms with Crippen LogP contribution >= 0.6 is 12.4 Å². The smallest absolute Gasteiger partial charge is 0.246 e. The van der Waals surface area contributed by atoms with Crippen molar-refractivity contribution >= 4 is 36.0 Å². The second-order valence-corrected chi connectivity index (χ2v) is 7.89. The van der Waals surface area contributed by atoms with Crippen LogP contribution in [0.1, 0.15) is 45.1 Å². The number of rotatable bonds is 7. The Bertz CT molecular complexity index is 650. The third kappa shape index (κ3) is 8.03. The molecule has 0 unspecified atom stereocenters. The van der Waals surface area contributed by atoms with E-state index in [2.05, 4.69) is 17.1 Å². The molecule has 1 aromatic carbocycles. The van der Waals surface area contributed by atoms with Crippen LogP contribution in [-0.2, 0) is 9.59 Å². The summed E-state index contributed by atoms with van der Waals surface area (Å²) in [6.07, 6.45) is 8.13. The monoisotopic (exact) mass is 407 g/mol. The van der Waals surface area contributed by atoms with Gasteiger partial charge in [0, 0.05) is 37.8 Å². The Morgan fingerprint density at radius 2 is 1.68 bits per heavy atom. The second-order valence-electron chi connectivity index (χ2n) is 7.89. The summed E-state index contributed by atoms with van der Waals surface area (Å²) < 4.78 is 0. The average Bonchev–Trinajstić information content (AvgIpc) is 2.62. The summed E-state index contributed by atoms with van der Waals surface area (Å²) in [6, 6.07) is 7.85. The summed E-state index contributed by atoms with van der Waals surface area (Å²) in [5.74, 6) is 0.763. The fraction of sp³-hybridized carbons (Fsp3) is 0.545. The van der Waals surface area contributed by atoms with Crippen molar-refractivity contribution in [3.8, 4) is 0 Å². The van der Waals surface area contributed by atoms with Crippen LogP contribution in [0.5, 0.6) is 0 Å². The molecule has 0 aliphatic heterocycles. The molecule has 156 valence electrons. The summed E-state index contributed by atoms with van der Waals surface area (Å²) >= 11 is 0. The van der Waals surface area contributed by atoms with Crippen LogP contribution in [0.3, 0.4) is 0 Å². The zero-order valence-electron chi connectivity index (χ0n) is 17.5. The molecule has 0 spiro atoms. The van der Waals surface area contributed by atoms with Gasteiger partial charge in [0.1, 0.15) is 0 Å². The van der Waals surface area contributed by atoms with Gasteiger partial charge in [0.05, 0.1) is 0 Å². The summed E-state index contributed by atoms with van der Waals surface area (Å²) in [6.45, 7) is 5.42. The van der Waals surface area contributed by atoms with Gasteiger partial charge in [-0.15, -0.1) is 12.4 Å². The standard InChI is InChI=1S/C22H33N3O2.ClH/c1-17-5-12-21(13-6-17)25(16-15-24(3)4)22(27)14-9-19-7-10-20(11-8-19)23-18(2)26;/h7-11,14,17,21H,5-6,12-13,15-16H2,1-4H3,(H,23,26);1H. The van der Waals surface area contributed by atoms with Gasteiger partial charge in [0.2, 0.25) is 11.8 Å². The fourth-order valence-electron chi connectivity index (χ4n) is 3.48. The minimum Gasteiger partial charge on any atom is -0.335 e. The molecule has 1 aromatic rings. The number of benzene rings is 1. The molecule has 2 rings (SSSR count). The second kappa shape index (κ2) is 11.9. The first-order chi connectivity index (χ1) is 12.8. The Labute approximate surface area is 175 Å². The van der Waals surface area contributed by atoms with E-state index in [0.717, 1.165) is 43.1 Å². The molecule has 1 saturated carbocycles. The summed E-state index contributed by atoms with van der Waals surface area (Å²) in [7, 11) is 4.08. The van der Waals surface area contributed by atoms with Gasteiger partial charge < -0.3 is 15.1 Å². The number of nitrogens with one attached hydrogen (secondary N) is 1. The maximum Gasteiger partial charge on any atom is 0.246 e. The molecule has 0 heterocycles. The van der Waals surface area contributed by atoms with Crippen molar-refractivity contribution in [2.45, 2.75) is 45.6 Å². The number of hydrogen-bond donors (Lipinski definition) is 1. The molecule has 0 bridgehead atoms. The molecular formula is C22H34ClN3O2. The quantitative estimate of drug-likeness (QED) is 0.693. The van der Waals surface area contributed by atoms with Crippen LogP contribution in [-0.4, -0.2) is 54.8 Å². The maximum absolute atomic E-state index is 12.9.